The van der Waals surface area contributed by atoms with Gasteiger partial charge in [-0.3, -0.25) is 0 Å². The maximum absolute atomic E-state index is 9.88. The fraction of sp³-hybridized carbons (Fsp3) is 0.583. The second-order valence-electron chi connectivity index (χ2n) is 4.63. The van der Waals surface area contributed by atoms with Crippen LogP contribution in [0.4, 0.5) is 0 Å². The van der Waals surface area contributed by atoms with Crippen molar-refractivity contribution in [1.29, 1.82) is 0 Å². The van der Waals surface area contributed by atoms with Gasteiger partial charge in [0.25, 0.3) is 0 Å². The van der Waals surface area contributed by atoms with E-state index in [0.717, 1.165) is 12.0 Å². The molecular weight excluding hydrogens is 250 g/mol. The molecular formula is C12H19N3O4. The van der Waals surface area contributed by atoms with Crippen LogP contribution in [0, 0.1) is 0 Å². The molecule has 0 aromatic heterocycles. The third kappa shape index (κ3) is 3.13. The lowest BCUT2D eigenvalue weighted by Crippen LogP contribution is -2.48. The van der Waals surface area contributed by atoms with E-state index in [1.165, 1.54) is 0 Å². The number of nitrogens with zero attached hydrogens (tertiary/aromatic N) is 2. The summed E-state index contributed by atoms with van der Waals surface area (Å²) in [6, 6.07) is 0. The molecule has 19 heavy (non-hydrogen) atoms. The fourth-order valence-electron chi connectivity index (χ4n) is 2.15. The molecule has 7 nitrogen and oxygen atoms in total. The summed E-state index contributed by atoms with van der Waals surface area (Å²) < 4.78 is 0. The fourth-order valence-corrected chi connectivity index (χ4v) is 2.15. The summed E-state index contributed by atoms with van der Waals surface area (Å²) in [5.41, 5.74) is 1.06. The Hall–Kier alpha value is -1.41. The normalized spacial score (nSPS) is 26.2. The van der Waals surface area contributed by atoms with Crippen LogP contribution in [0.15, 0.2) is 29.0 Å². The number of allylic oxidation sites excluding steroid dienone is 1. The smallest absolute Gasteiger partial charge is 0.146 e. The first-order chi connectivity index (χ1) is 9.13. The number of hydrogen-bond acceptors (Lipinski definition) is 7. The van der Waals surface area contributed by atoms with Crippen LogP contribution >= 0.6 is 0 Å². The van der Waals surface area contributed by atoms with Gasteiger partial charge in [0.05, 0.1) is 12.9 Å². The summed E-state index contributed by atoms with van der Waals surface area (Å²) in [5, 5.41) is 40.5. The summed E-state index contributed by atoms with van der Waals surface area (Å²) in [5.74, 6) is 0. The van der Waals surface area contributed by atoms with Gasteiger partial charge in [0.2, 0.25) is 0 Å². The molecule has 4 atom stereocenters. The van der Waals surface area contributed by atoms with Gasteiger partial charge in [-0.2, -0.15) is 0 Å². The van der Waals surface area contributed by atoms with Crippen molar-refractivity contribution in [2.24, 2.45) is 4.99 Å². The van der Waals surface area contributed by atoms with E-state index in [-0.39, 0.29) is 12.7 Å². The van der Waals surface area contributed by atoms with E-state index in [2.05, 4.69) is 10.3 Å². The highest BCUT2D eigenvalue weighted by molar-refractivity contribution is 5.59. The maximum Gasteiger partial charge on any atom is 0.146 e. The van der Waals surface area contributed by atoms with Crippen molar-refractivity contribution in [3.63, 3.8) is 0 Å². The van der Waals surface area contributed by atoms with Crippen molar-refractivity contribution in [3.8, 4) is 0 Å². The monoisotopic (exact) mass is 269 g/mol. The number of fused-ring (bicyclic) bond motifs is 1. The van der Waals surface area contributed by atoms with E-state index in [4.69, 9.17) is 5.11 Å². The van der Waals surface area contributed by atoms with Crippen molar-refractivity contribution < 1.29 is 20.4 Å². The van der Waals surface area contributed by atoms with Crippen LogP contribution in [0.1, 0.15) is 6.42 Å². The van der Waals surface area contributed by atoms with Gasteiger partial charge in [-0.1, -0.05) is 6.08 Å². The van der Waals surface area contributed by atoms with Gasteiger partial charge in [0, 0.05) is 12.7 Å². The molecule has 0 aliphatic carbocycles. The molecule has 0 bridgehead atoms. The summed E-state index contributed by atoms with van der Waals surface area (Å²) in [7, 11) is 0. The third-order valence-corrected chi connectivity index (χ3v) is 3.23. The van der Waals surface area contributed by atoms with E-state index in [0.29, 0.717) is 0 Å². The predicted molar refractivity (Wildman–Crippen MR) is 69.1 cm³/mol. The Labute approximate surface area is 111 Å². The first-order valence-electron chi connectivity index (χ1n) is 6.17. The number of aliphatic hydroxyl groups excluding tert-OH is 4. The van der Waals surface area contributed by atoms with Crippen molar-refractivity contribution in [3.05, 3.63) is 24.0 Å². The second-order valence-corrected chi connectivity index (χ2v) is 4.63. The minimum atomic E-state index is -1.39. The Kier molecular flexibility index (Phi) is 4.54. The molecule has 2 aliphatic rings. The molecule has 2 heterocycles. The Morgan fingerprint density at radius 3 is 2.89 bits per heavy atom. The third-order valence-electron chi connectivity index (χ3n) is 3.23. The first-order valence-corrected chi connectivity index (χ1v) is 6.17. The number of hydrogen-bond donors (Lipinski definition) is 5. The Morgan fingerprint density at radius 2 is 2.16 bits per heavy atom. The molecule has 0 fully saturated rings. The SMILES string of the molecule is OC[C@@H](O)[C@@H](O)[C@@H](O)CN1C=CCC2=CNC=NC21. The van der Waals surface area contributed by atoms with E-state index in [9.17, 15) is 15.3 Å². The van der Waals surface area contributed by atoms with Crippen molar-refractivity contribution in [1.82, 2.24) is 10.2 Å². The molecule has 0 saturated heterocycles. The molecule has 5 N–H and O–H groups in total. The molecule has 0 aromatic carbocycles. The van der Waals surface area contributed by atoms with Gasteiger partial charge in [-0.05, 0) is 18.2 Å². The van der Waals surface area contributed by atoms with Crippen LogP contribution in [-0.4, -0.2) is 69.3 Å². The van der Waals surface area contributed by atoms with Crippen LogP contribution < -0.4 is 5.32 Å². The van der Waals surface area contributed by atoms with E-state index in [1.54, 1.807) is 11.2 Å². The zero-order valence-electron chi connectivity index (χ0n) is 10.4. The minimum Gasteiger partial charge on any atom is -0.394 e. The highest BCUT2D eigenvalue weighted by Gasteiger charge is 2.30. The van der Waals surface area contributed by atoms with Gasteiger partial charge >= 0.3 is 0 Å². The number of aliphatic imine (C=N–C) groups is 1. The van der Waals surface area contributed by atoms with Gasteiger partial charge in [-0.25, -0.2) is 4.99 Å². The number of rotatable bonds is 5. The van der Waals surface area contributed by atoms with E-state index < -0.39 is 24.9 Å². The van der Waals surface area contributed by atoms with Gasteiger partial charge in [0.15, 0.2) is 0 Å². The molecule has 0 radical (unpaired) electrons. The molecule has 2 rings (SSSR count). The maximum atomic E-state index is 9.88. The van der Waals surface area contributed by atoms with Crippen LogP contribution in [0.3, 0.4) is 0 Å². The van der Waals surface area contributed by atoms with Crippen LogP contribution in [0.2, 0.25) is 0 Å². The summed E-state index contributed by atoms with van der Waals surface area (Å²) in [6.07, 6.45) is 3.86. The zero-order chi connectivity index (χ0) is 13.8. The number of nitrogens with one attached hydrogen (secondary N) is 1. The molecule has 2 aliphatic heterocycles. The average molecular weight is 269 g/mol. The van der Waals surface area contributed by atoms with Crippen molar-refractivity contribution >= 4 is 6.34 Å². The predicted octanol–water partition coefficient (Wildman–Crippen LogP) is -1.88. The zero-order valence-corrected chi connectivity index (χ0v) is 10.4. The lowest BCUT2D eigenvalue weighted by Gasteiger charge is -2.36. The second kappa shape index (κ2) is 6.16. The van der Waals surface area contributed by atoms with Gasteiger partial charge in [-0.15, -0.1) is 0 Å². The molecule has 0 aromatic rings. The quantitative estimate of drug-likeness (QED) is 0.400. The average Bonchev–Trinajstić information content (AvgIpc) is 2.46. The highest BCUT2D eigenvalue weighted by Crippen LogP contribution is 2.23. The standard InChI is InChI=1S/C12H19N3O4/c16-6-10(18)11(19)9(17)5-15-3-1-2-8-4-13-7-14-12(8)15/h1,3-4,7,9-12,16-19H,2,5-6H2,(H,13,14)/t9-,10+,11-,12?/m0/s1. The lowest BCUT2D eigenvalue weighted by atomic mass is 10.0. The lowest BCUT2D eigenvalue weighted by molar-refractivity contribution is -0.0827. The van der Waals surface area contributed by atoms with Crippen molar-refractivity contribution in [2.75, 3.05) is 13.2 Å². The molecule has 0 spiro atoms. The summed E-state index contributed by atoms with van der Waals surface area (Å²) in [6.45, 7) is -0.473. The summed E-state index contributed by atoms with van der Waals surface area (Å²) in [4.78, 5) is 6.06. The topological polar surface area (TPSA) is 109 Å². The Morgan fingerprint density at radius 1 is 1.37 bits per heavy atom. The summed E-state index contributed by atoms with van der Waals surface area (Å²) >= 11 is 0. The molecule has 7 heteroatoms. The minimum absolute atomic E-state index is 0.119. The van der Waals surface area contributed by atoms with Crippen LogP contribution in [-0.2, 0) is 0 Å². The van der Waals surface area contributed by atoms with Crippen LogP contribution in [0.5, 0.6) is 0 Å². The van der Waals surface area contributed by atoms with E-state index >= 15 is 0 Å². The van der Waals surface area contributed by atoms with Gasteiger partial charge < -0.3 is 30.6 Å². The highest BCUT2D eigenvalue weighted by atomic mass is 16.4. The number of β-amino-alcohol motifs (C(OH)–C–C–N with tert-alkyl or cyclic N) is 1. The van der Waals surface area contributed by atoms with Crippen molar-refractivity contribution in [2.45, 2.75) is 30.9 Å². The first kappa shape index (κ1) is 14.0. The molecule has 0 amide bonds. The van der Waals surface area contributed by atoms with Crippen LogP contribution in [0.25, 0.3) is 0 Å². The van der Waals surface area contributed by atoms with Gasteiger partial charge in [0.1, 0.15) is 24.5 Å². The Balaban J connectivity index is 2.00. The van der Waals surface area contributed by atoms with E-state index in [1.807, 2.05) is 18.5 Å². The molecule has 1 unspecified atom stereocenters. The molecule has 106 valence electrons. The largest absolute Gasteiger partial charge is 0.394 e. The number of aliphatic hydroxyl groups is 4. The Bertz CT molecular complexity index is 396. The molecule has 0 saturated carbocycles.